The van der Waals surface area contributed by atoms with Gasteiger partial charge in [-0.3, -0.25) is 4.79 Å². The molecule has 36 heavy (non-hydrogen) atoms. The summed E-state index contributed by atoms with van der Waals surface area (Å²) in [5.74, 6) is 0.900. The van der Waals surface area contributed by atoms with Crippen molar-refractivity contribution in [3.05, 3.63) is 114 Å². The van der Waals surface area contributed by atoms with Crippen LogP contribution in [0.2, 0.25) is 0 Å². The molecule has 3 aromatic carbocycles. The summed E-state index contributed by atoms with van der Waals surface area (Å²) in [6.07, 6.45) is 14.8. The van der Waals surface area contributed by atoms with Crippen molar-refractivity contribution in [2.24, 2.45) is 0 Å². The minimum atomic E-state index is 0.0146. The number of allylic oxidation sites excluding steroid dienone is 2. The first-order valence-corrected chi connectivity index (χ1v) is 13.4. The van der Waals surface area contributed by atoms with Crippen molar-refractivity contribution in [2.75, 3.05) is 6.61 Å². The molecule has 2 nitrogen and oxygen atoms in total. The first-order chi connectivity index (χ1) is 17.6. The molecule has 0 aliphatic rings. The molecule has 0 aliphatic heterocycles. The molecule has 0 bridgehead atoms. The zero-order valence-corrected chi connectivity index (χ0v) is 21.8. The lowest BCUT2D eigenvalue weighted by Crippen LogP contribution is -1.97. The Bertz CT molecular complexity index is 1080. The number of benzene rings is 3. The van der Waals surface area contributed by atoms with Crippen molar-refractivity contribution in [3.8, 4) is 5.75 Å². The third-order valence-corrected chi connectivity index (χ3v) is 6.44. The lowest BCUT2D eigenvalue weighted by Gasteiger charge is -2.07. The molecule has 0 unspecified atom stereocenters. The molecule has 0 saturated carbocycles. The molecule has 0 aliphatic carbocycles. The van der Waals surface area contributed by atoms with Crippen LogP contribution in [0.4, 0.5) is 0 Å². The average Bonchev–Trinajstić information content (AvgIpc) is 2.91. The Morgan fingerprint density at radius 3 is 1.97 bits per heavy atom. The Morgan fingerprint density at radius 2 is 1.33 bits per heavy atom. The first kappa shape index (κ1) is 27.2. The Labute approximate surface area is 217 Å². The van der Waals surface area contributed by atoms with E-state index in [-0.39, 0.29) is 5.78 Å². The summed E-state index contributed by atoms with van der Waals surface area (Å²) in [5, 5.41) is 0. The highest BCUT2D eigenvalue weighted by molar-refractivity contribution is 6.06. The predicted octanol–water partition coefficient (Wildman–Crippen LogP) is 9.36. The van der Waals surface area contributed by atoms with Gasteiger partial charge in [0, 0.05) is 5.56 Å². The second-order valence-corrected chi connectivity index (χ2v) is 9.54. The third kappa shape index (κ3) is 10.1. The molecule has 0 amide bonds. The molecule has 0 N–H and O–H groups in total. The molecule has 3 aromatic rings. The Balaban J connectivity index is 1.18. The van der Waals surface area contributed by atoms with Gasteiger partial charge in [0.05, 0.1) is 6.61 Å². The van der Waals surface area contributed by atoms with E-state index in [9.17, 15) is 4.79 Å². The number of rotatable bonds is 16. The highest BCUT2D eigenvalue weighted by atomic mass is 16.5. The zero-order valence-electron chi connectivity index (χ0n) is 21.8. The maximum absolute atomic E-state index is 12.2. The lowest BCUT2D eigenvalue weighted by atomic mass is 10.0. The van der Waals surface area contributed by atoms with Crippen LogP contribution in [0.25, 0.3) is 11.6 Å². The number of ketones is 1. The number of ether oxygens (including phenoxy) is 1. The largest absolute Gasteiger partial charge is 0.494 e. The molecule has 3 rings (SSSR count). The molecule has 0 saturated heterocycles. The van der Waals surface area contributed by atoms with Gasteiger partial charge in [0.2, 0.25) is 0 Å². The van der Waals surface area contributed by atoms with Gasteiger partial charge in [-0.2, -0.15) is 0 Å². The number of hydrogen-bond acceptors (Lipinski definition) is 2. The molecular weight excluding hydrogens is 440 g/mol. The summed E-state index contributed by atoms with van der Waals surface area (Å²) in [5.41, 5.74) is 5.50. The Kier molecular flexibility index (Phi) is 11.8. The molecule has 0 fully saturated rings. The van der Waals surface area contributed by atoms with Crippen LogP contribution in [0, 0.1) is 0 Å². The standard InChI is InChI=1S/C34H40O2/c1-28(2)31-22-17-29(18-23-31)14-10-7-5-3-4-6-8-13-27-36-33-24-19-30(20-25-33)21-26-34(35)32-15-11-9-12-16-32/h9,11-12,15-26H,1,3-8,10,13-14,27H2,2H3. The summed E-state index contributed by atoms with van der Waals surface area (Å²) in [7, 11) is 0. The molecule has 0 atom stereocenters. The fraction of sp³-hybridized carbons (Fsp3) is 0.324. The maximum Gasteiger partial charge on any atom is 0.185 e. The maximum atomic E-state index is 12.2. The van der Waals surface area contributed by atoms with Gasteiger partial charge in [-0.15, -0.1) is 0 Å². The second-order valence-electron chi connectivity index (χ2n) is 9.54. The van der Waals surface area contributed by atoms with E-state index in [0.717, 1.165) is 29.9 Å². The van der Waals surface area contributed by atoms with Gasteiger partial charge in [-0.25, -0.2) is 0 Å². The summed E-state index contributed by atoms with van der Waals surface area (Å²) in [4.78, 5) is 12.2. The van der Waals surface area contributed by atoms with Crippen LogP contribution in [-0.2, 0) is 6.42 Å². The number of aryl methyl sites for hydroxylation is 1. The predicted molar refractivity (Wildman–Crippen MR) is 154 cm³/mol. The van der Waals surface area contributed by atoms with E-state index in [1.54, 1.807) is 6.08 Å². The first-order valence-electron chi connectivity index (χ1n) is 13.4. The molecule has 0 spiro atoms. The summed E-state index contributed by atoms with van der Waals surface area (Å²) in [6.45, 7) is 6.81. The van der Waals surface area contributed by atoms with Gasteiger partial charge >= 0.3 is 0 Å². The number of hydrogen-bond donors (Lipinski definition) is 0. The number of unbranched alkanes of at least 4 members (excludes halogenated alkanes) is 7. The fourth-order valence-electron chi connectivity index (χ4n) is 4.18. The average molecular weight is 481 g/mol. The molecule has 188 valence electrons. The van der Waals surface area contributed by atoms with Gasteiger partial charge in [0.25, 0.3) is 0 Å². The van der Waals surface area contributed by atoms with E-state index < -0.39 is 0 Å². The SMILES string of the molecule is C=C(C)c1ccc(CCCCCCCCCCOc2ccc(C=CC(=O)c3ccccc3)cc2)cc1. The Morgan fingerprint density at radius 1 is 0.722 bits per heavy atom. The topological polar surface area (TPSA) is 26.3 Å². The van der Waals surface area contributed by atoms with Crippen LogP contribution in [0.1, 0.15) is 85.3 Å². The smallest absolute Gasteiger partial charge is 0.185 e. The van der Waals surface area contributed by atoms with Crippen LogP contribution in [0.3, 0.4) is 0 Å². The highest BCUT2D eigenvalue weighted by Crippen LogP contribution is 2.17. The van der Waals surface area contributed by atoms with Crippen molar-refractivity contribution < 1.29 is 9.53 Å². The van der Waals surface area contributed by atoms with Crippen molar-refractivity contribution >= 4 is 17.4 Å². The highest BCUT2D eigenvalue weighted by Gasteiger charge is 2.00. The third-order valence-electron chi connectivity index (χ3n) is 6.44. The van der Waals surface area contributed by atoms with E-state index in [2.05, 4.69) is 37.8 Å². The number of carbonyl (C=O) groups is 1. The van der Waals surface area contributed by atoms with Gasteiger partial charge in [0.15, 0.2) is 5.78 Å². The minimum absolute atomic E-state index is 0.0146. The van der Waals surface area contributed by atoms with Crippen LogP contribution < -0.4 is 4.74 Å². The summed E-state index contributed by atoms with van der Waals surface area (Å²) < 4.78 is 5.88. The van der Waals surface area contributed by atoms with E-state index >= 15 is 0 Å². The molecule has 0 aromatic heterocycles. The molecule has 2 heteroatoms. The minimum Gasteiger partial charge on any atom is -0.494 e. The van der Waals surface area contributed by atoms with Crippen molar-refractivity contribution in [2.45, 2.75) is 64.7 Å². The molecule has 0 heterocycles. The van der Waals surface area contributed by atoms with Crippen molar-refractivity contribution in [1.82, 2.24) is 0 Å². The summed E-state index contributed by atoms with van der Waals surface area (Å²) >= 11 is 0. The second kappa shape index (κ2) is 15.6. The monoisotopic (exact) mass is 480 g/mol. The Hall–Kier alpha value is -3.39. The lowest BCUT2D eigenvalue weighted by molar-refractivity contribution is 0.104. The van der Waals surface area contributed by atoms with E-state index in [0.29, 0.717) is 5.56 Å². The van der Waals surface area contributed by atoms with E-state index in [1.807, 2.05) is 60.7 Å². The van der Waals surface area contributed by atoms with Gasteiger partial charge in [-0.1, -0.05) is 123 Å². The van der Waals surface area contributed by atoms with Crippen LogP contribution in [0.15, 0.2) is 91.5 Å². The van der Waals surface area contributed by atoms with Crippen molar-refractivity contribution in [1.29, 1.82) is 0 Å². The van der Waals surface area contributed by atoms with E-state index in [1.165, 1.54) is 62.5 Å². The molecular formula is C34H40O2. The van der Waals surface area contributed by atoms with Crippen LogP contribution >= 0.6 is 0 Å². The van der Waals surface area contributed by atoms with Crippen LogP contribution in [-0.4, -0.2) is 12.4 Å². The van der Waals surface area contributed by atoms with Gasteiger partial charge < -0.3 is 4.74 Å². The fourth-order valence-corrected chi connectivity index (χ4v) is 4.18. The van der Waals surface area contributed by atoms with Crippen molar-refractivity contribution in [3.63, 3.8) is 0 Å². The van der Waals surface area contributed by atoms with Crippen LogP contribution in [0.5, 0.6) is 5.75 Å². The zero-order chi connectivity index (χ0) is 25.4. The normalized spacial score (nSPS) is 11.0. The molecule has 0 radical (unpaired) electrons. The quantitative estimate of drug-likeness (QED) is 0.116. The number of carbonyl (C=O) groups excluding carboxylic acids is 1. The van der Waals surface area contributed by atoms with Gasteiger partial charge in [-0.05, 0) is 61.1 Å². The van der Waals surface area contributed by atoms with E-state index in [4.69, 9.17) is 4.74 Å². The summed E-state index contributed by atoms with van der Waals surface area (Å²) in [6, 6.07) is 26.1. The van der Waals surface area contributed by atoms with Gasteiger partial charge in [0.1, 0.15) is 5.75 Å².